The molecule has 0 aromatic heterocycles. The third kappa shape index (κ3) is 3.29. The Morgan fingerprint density at radius 3 is 2.33 bits per heavy atom. The average molecular weight is 324 g/mol. The number of aromatic hydroxyl groups is 1. The van der Waals surface area contributed by atoms with Gasteiger partial charge in [-0.05, 0) is 31.5 Å². The molecule has 2 unspecified atom stereocenters. The number of aldehydes is 1. The monoisotopic (exact) mass is 324 g/mol. The number of carbonyl (C=O) groups is 1. The van der Waals surface area contributed by atoms with Crippen LogP contribution in [0.15, 0.2) is 48.5 Å². The van der Waals surface area contributed by atoms with E-state index in [1.165, 1.54) is 5.56 Å². The third-order valence-corrected chi connectivity index (χ3v) is 4.82. The van der Waals surface area contributed by atoms with Gasteiger partial charge in [0.25, 0.3) is 0 Å². The number of carbonyl (C=O) groups excluding carboxylic acids is 1. The zero-order valence-corrected chi connectivity index (χ0v) is 14.2. The van der Waals surface area contributed by atoms with E-state index in [2.05, 4.69) is 47.9 Å². The summed E-state index contributed by atoms with van der Waals surface area (Å²) in [5, 5.41) is 10.3. The molecule has 0 aliphatic carbocycles. The zero-order valence-electron chi connectivity index (χ0n) is 14.2. The van der Waals surface area contributed by atoms with Gasteiger partial charge in [-0.15, -0.1) is 0 Å². The number of hydrogen-bond donors (Lipinski definition) is 1. The predicted molar refractivity (Wildman–Crippen MR) is 96.6 cm³/mol. The number of rotatable bonds is 4. The van der Waals surface area contributed by atoms with Crippen molar-refractivity contribution in [2.24, 2.45) is 0 Å². The van der Waals surface area contributed by atoms with Crippen LogP contribution in [-0.2, 0) is 6.54 Å². The Kier molecular flexibility index (Phi) is 4.86. The van der Waals surface area contributed by atoms with Crippen molar-refractivity contribution in [1.29, 1.82) is 0 Å². The highest BCUT2D eigenvalue weighted by Crippen LogP contribution is 2.32. The second-order valence-corrected chi connectivity index (χ2v) is 6.59. The maximum atomic E-state index is 11.1. The summed E-state index contributed by atoms with van der Waals surface area (Å²) in [6, 6.07) is 16.6. The predicted octanol–water partition coefficient (Wildman–Crippen LogP) is 3.30. The number of hydrogen-bond acceptors (Lipinski definition) is 4. The lowest BCUT2D eigenvalue weighted by Gasteiger charge is -2.45. The van der Waals surface area contributed by atoms with Crippen LogP contribution in [0.3, 0.4) is 0 Å². The number of anilines is 1. The second kappa shape index (κ2) is 7.05. The molecular formula is C20H24N2O2. The molecule has 3 rings (SSSR count). The van der Waals surface area contributed by atoms with Gasteiger partial charge in [0.1, 0.15) is 5.75 Å². The van der Waals surface area contributed by atoms with Crippen molar-refractivity contribution in [2.45, 2.75) is 32.5 Å². The highest BCUT2D eigenvalue weighted by molar-refractivity contribution is 5.83. The van der Waals surface area contributed by atoms with Crippen LogP contribution in [0.4, 0.5) is 5.69 Å². The Labute approximate surface area is 143 Å². The number of phenols is 1. The molecule has 0 saturated carbocycles. The first kappa shape index (κ1) is 16.5. The molecular weight excluding hydrogens is 300 g/mol. The summed E-state index contributed by atoms with van der Waals surface area (Å²) >= 11 is 0. The molecule has 24 heavy (non-hydrogen) atoms. The van der Waals surface area contributed by atoms with Crippen molar-refractivity contribution in [3.63, 3.8) is 0 Å². The maximum absolute atomic E-state index is 11.1. The lowest BCUT2D eigenvalue weighted by atomic mass is 10.0. The molecule has 0 spiro atoms. The van der Waals surface area contributed by atoms with Crippen molar-refractivity contribution in [1.82, 2.24) is 4.90 Å². The highest BCUT2D eigenvalue weighted by atomic mass is 16.3. The number of benzene rings is 2. The van der Waals surface area contributed by atoms with Gasteiger partial charge in [-0.25, -0.2) is 0 Å². The molecule has 0 bridgehead atoms. The number of para-hydroxylation sites is 1. The molecule has 1 saturated heterocycles. The molecule has 2 aromatic carbocycles. The lowest BCUT2D eigenvalue weighted by molar-refractivity contribution is 0.112. The number of phenolic OH excluding ortho intramolecular Hbond substituents is 1. The van der Waals surface area contributed by atoms with Crippen LogP contribution >= 0.6 is 0 Å². The van der Waals surface area contributed by atoms with Gasteiger partial charge in [-0.1, -0.05) is 36.4 Å². The normalized spacial score (nSPS) is 21.7. The van der Waals surface area contributed by atoms with Crippen LogP contribution in [0.2, 0.25) is 0 Å². The Bertz CT molecular complexity index is 690. The van der Waals surface area contributed by atoms with Crippen molar-refractivity contribution in [3.8, 4) is 5.75 Å². The molecule has 126 valence electrons. The fraction of sp³-hybridized carbons (Fsp3) is 0.350. The number of nitrogens with zero attached hydrogens (tertiary/aromatic N) is 2. The van der Waals surface area contributed by atoms with E-state index in [4.69, 9.17) is 0 Å². The minimum absolute atomic E-state index is 0.0865. The smallest absolute Gasteiger partial charge is 0.153 e. The summed E-state index contributed by atoms with van der Waals surface area (Å²) < 4.78 is 0. The van der Waals surface area contributed by atoms with E-state index >= 15 is 0 Å². The van der Waals surface area contributed by atoms with Crippen molar-refractivity contribution < 1.29 is 9.90 Å². The van der Waals surface area contributed by atoms with Crippen LogP contribution in [-0.4, -0.2) is 41.5 Å². The molecule has 1 aliphatic rings. The topological polar surface area (TPSA) is 43.8 Å². The summed E-state index contributed by atoms with van der Waals surface area (Å²) in [5.41, 5.74) is 2.41. The Morgan fingerprint density at radius 1 is 1.04 bits per heavy atom. The van der Waals surface area contributed by atoms with E-state index in [0.717, 1.165) is 25.3 Å². The van der Waals surface area contributed by atoms with Crippen LogP contribution in [0.5, 0.6) is 5.75 Å². The molecule has 2 atom stereocenters. The first-order valence-corrected chi connectivity index (χ1v) is 8.42. The summed E-state index contributed by atoms with van der Waals surface area (Å²) in [6.45, 7) is 7.01. The van der Waals surface area contributed by atoms with E-state index in [0.29, 0.717) is 23.9 Å². The maximum Gasteiger partial charge on any atom is 0.153 e. The molecule has 0 amide bonds. The summed E-state index contributed by atoms with van der Waals surface area (Å²) in [4.78, 5) is 15.7. The molecule has 1 fully saturated rings. The van der Waals surface area contributed by atoms with Gasteiger partial charge in [0.15, 0.2) is 6.29 Å². The molecule has 0 radical (unpaired) electrons. The molecule has 4 nitrogen and oxygen atoms in total. The first-order chi connectivity index (χ1) is 11.6. The standard InChI is InChI=1S/C20H24N2O2/c1-15-11-21(19-10-6-9-18(14-23)20(19)24)12-16(2)22(15)13-17-7-4-3-5-8-17/h3-10,14-16,24H,11-13H2,1-2H3. The van der Waals surface area contributed by atoms with Gasteiger partial charge >= 0.3 is 0 Å². The Hall–Kier alpha value is -2.33. The summed E-state index contributed by atoms with van der Waals surface area (Å²) in [7, 11) is 0. The molecule has 4 heteroatoms. The van der Waals surface area contributed by atoms with E-state index in [1.54, 1.807) is 6.07 Å². The summed E-state index contributed by atoms with van der Waals surface area (Å²) in [6.07, 6.45) is 0.706. The van der Waals surface area contributed by atoms with Crippen LogP contribution in [0.25, 0.3) is 0 Å². The molecule has 1 heterocycles. The summed E-state index contributed by atoms with van der Waals surface area (Å²) in [5.74, 6) is 0.0865. The van der Waals surface area contributed by atoms with Crippen LogP contribution in [0, 0.1) is 0 Å². The van der Waals surface area contributed by atoms with Crippen LogP contribution in [0.1, 0.15) is 29.8 Å². The van der Waals surface area contributed by atoms with Gasteiger partial charge < -0.3 is 10.0 Å². The van der Waals surface area contributed by atoms with Gasteiger partial charge in [0.05, 0.1) is 11.3 Å². The third-order valence-electron chi connectivity index (χ3n) is 4.82. The first-order valence-electron chi connectivity index (χ1n) is 8.42. The molecule has 2 aromatic rings. The molecule has 1 N–H and O–H groups in total. The average Bonchev–Trinajstić information content (AvgIpc) is 2.59. The van der Waals surface area contributed by atoms with E-state index < -0.39 is 0 Å². The minimum atomic E-state index is 0.0865. The van der Waals surface area contributed by atoms with Crippen molar-refractivity contribution in [3.05, 3.63) is 59.7 Å². The Morgan fingerprint density at radius 2 is 1.71 bits per heavy atom. The SMILES string of the molecule is CC1CN(c2cccc(C=O)c2O)CC(C)N1Cc1ccccc1. The van der Waals surface area contributed by atoms with Crippen LogP contribution < -0.4 is 4.90 Å². The van der Waals surface area contributed by atoms with Crippen molar-refractivity contribution in [2.75, 3.05) is 18.0 Å². The van der Waals surface area contributed by atoms with Gasteiger partial charge in [-0.3, -0.25) is 9.69 Å². The van der Waals surface area contributed by atoms with E-state index in [1.807, 2.05) is 18.2 Å². The fourth-order valence-electron chi connectivity index (χ4n) is 3.56. The minimum Gasteiger partial charge on any atom is -0.505 e. The quantitative estimate of drug-likeness (QED) is 0.877. The number of piperazine rings is 1. The lowest BCUT2D eigenvalue weighted by Crippen LogP contribution is -2.56. The zero-order chi connectivity index (χ0) is 17.1. The van der Waals surface area contributed by atoms with Crippen molar-refractivity contribution >= 4 is 12.0 Å². The van der Waals surface area contributed by atoms with Gasteiger partial charge in [-0.2, -0.15) is 0 Å². The highest BCUT2D eigenvalue weighted by Gasteiger charge is 2.30. The fourth-order valence-corrected chi connectivity index (χ4v) is 3.56. The van der Waals surface area contributed by atoms with E-state index in [9.17, 15) is 9.90 Å². The largest absolute Gasteiger partial charge is 0.505 e. The van der Waals surface area contributed by atoms with E-state index in [-0.39, 0.29) is 5.75 Å². The van der Waals surface area contributed by atoms with Gasteiger partial charge in [0.2, 0.25) is 0 Å². The Balaban J connectivity index is 1.77. The second-order valence-electron chi connectivity index (χ2n) is 6.59. The molecule has 1 aliphatic heterocycles. The van der Waals surface area contributed by atoms with Gasteiger partial charge in [0, 0.05) is 31.7 Å².